The van der Waals surface area contributed by atoms with Crippen LogP contribution in [-0.2, 0) is 6.42 Å². The lowest BCUT2D eigenvalue weighted by Gasteiger charge is -2.11. The van der Waals surface area contributed by atoms with E-state index in [4.69, 9.17) is 19.3 Å². The minimum absolute atomic E-state index is 0.0698. The van der Waals surface area contributed by atoms with Crippen molar-refractivity contribution in [3.05, 3.63) is 17.4 Å². The Bertz CT molecular complexity index is 374. The molecule has 4 nitrogen and oxygen atoms in total. The largest absolute Gasteiger partial charge is 0.493 e. The maximum absolute atomic E-state index is 13.5. The first-order valence-electron chi connectivity index (χ1n) is 4.53. The van der Waals surface area contributed by atoms with Gasteiger partial charge in [0.25, 0.3) is 0 Å². The Morgan fingerprint density at radius 1 is 1.53 bits per heavy atom. The summed E-state index contributed by atoms with van der Waals surface area (Å²) in [4.78, 5) is 0. The highest BCUT2D eigenvalue weighted by atomic mass is 19.1. The maximum atomic E-state index is 13.5. The SMILES string of the molecule is COc1c(F)cc2c(c1CCO)OCO2. The first-order valence-corrected chi connectivity index (χ1v) is 4.53. The molecule has 2 rings (SSSR count). The van der Waals surface area contributed by atoms with Crippen LogP contribution in [0.3, 0.4) is 0 Å². The molecule has 0 bridgehead atoms. The molecule has 1 N–H and O–H groups in total. The second-order valence-corrected chi connectivity index (χ2v) is 3.08. The second kappa shape index (κ2) is 3.94. The summed E-state index contributed by atoms with van der Waals surface area (Å²) in [5.41, 5.74) is 0.507. The van der Waals surface area contributed by atoms with Gasteiger partial charge in [0.15, 0.2) is 23.1 Å². The second-order valence-electron chi connectivity index (χ2n) is 3.08. The van der Waals surface area contributed by atoms with Crippen molar-refractivity contribution in [1.82, 2.24) is 0 Å². The minimum Gasteiger partial charge on any atom is -0.493 e. The fourth-order valence-corrected chi connectivity index (χ4v) is 1.62. The first kappa shape index (κ1) is 10.0. The van der Waals surface area contributed by atoms with Crippen LogP contribution in [0.25, 0.3) is 0 Å². The molecule has 0 atom stereocenters. The van der Waals surface area contributed by atoms with Crippen molar-refractivity contribution in [3.8, 4) is 17.2 Å². The van der Waals surface area contributed by atoms with E-state index in [-0.39, 0.29) is 25.6 Å². The van der Waals surface area contributed by atoms with Crippen molar-refractivity contribution in [1.29, 1.82) is 0 Å². The normalized spacial score (nSPS) is 13.0. The van der Waals surface area contributed by atoms with E-state index >= 15 is 0 Å². The van der Waals surface area contributed by atoms with E-state index < -0.39 is 5.82 Å². The number of benzene rings is 1. The molecule has 0 saturated carbocycles. The number of methoxy groups -OCH3 is 1. The molecule has 0 unspecified atom stereocenters. The lowest BCUT2D eigenvalue weighted by atomic mass is 10.1. The Morgan fingerprint density at radius 3 is 3.00 bits per heavy atom. The van der Waals surface area contributed by atoms with Gasteiger partial charge < -0.3 is 19.3 Å². The molecule has 82 valence electrons. The quantitative estimate of drug-likeness (QED) is 0.818. The van der Waals surface area contributed by atoms with Crippen LogP contribution in [0.5, 0.6) is 17.2 Å². The zero-order chi connectivity index (χ0) is 10.8. The fourth-order valence-electron chi connectivity index (χ4n) is 1.62. The molecule has 0 aliphatic carbocycles. The zero-order valence-electron chi connectivity index (χ0n) is 8.25. The maximum Gasteiger partial charge on any atom is 0.231 e. The molecule has 0 amide bonds. The van der Waals surface area contributed by atoms with Gasteiger partial charge in [-0.3, -0.25) is 0 Å². The van der Waals surface area contributed by atoms with Gasteiger partial charge in [-0.25, -0.2) is 4.39 Å². The van der Waals surface area contributed by atoms with Crippen molar-refractivity contribution >= 4 is 0 Å². The van der Waals surface area contributed by atoms with E-state index in [1.165, 1.54) is 13.2 Å². The molecule has 0 aromatic heterocycles. The van der Waals surface area contributed by atoms with Crippen molar-refractivity contribution in [3.63, 3.8) is 0 Å². The van der Waals surface area contributed by atoms with Crippen LogP contribution in [0.2, 0.25) is 0 Å². The van der Waals surface area contributed by atoms with Gasteiger partial charge in [-0.1, -0.05) is 0 Å². The number of hydrogen-bond acceptors (Lipinski definition) is 4. The summed E-state index contributed by atoms with van der Waals surface area (Å²) in [5, 5.41) is 8.89. The molecule has 1 aromatic carbocycles. The van der Waals surface area contributed by atoms with E-state index in [0.29, 0.717) is 17.1 Å². The summed E-state index contributed by atoms with van der Waals surface area (Å²) in [7, 11) is 1.38. The fraction of sp³-hybridized carbons (Fsp3) is 0.400. The predicted molar refractivity (Wildman–Crippen MR) is 49.9 cm³/mol. The third-order valence-corrected chi connectivity index (χ3v) is 2.23. The average Bonchev–Trinajstić information content (AvgIpc) is 2.66. The van der Waals surface area contributed by atoms with E-state index in [0.717, 1.165) is 0 Å². The lowest BCUT2D eigenvalue weighted by Crippen LogP contribution is -2.00. The lowest BCUT2D eigenvalue weighted by molar-refractivity contribution is 0.172. The predicted octanol–water partition coefficient (Wildman–Crippen LogP) is 1.10. The van der Waals surface area contributed by atoms with Crippen LogP contribution in [-0.4, -0.2) is 25.6 Å². The van der Waals surface area contributed by atoms with Crippen molar-refractivity contribution < 1.29 is 23.7 Å². The van der Waals surface area contributed by atoms with Gasteiger partial charge in [-0.05, 0) is 0 Å². The standard InChI is InChI=1S/C10H11FO4/c1-13-9-6(2-3-12)10-8(4-7(9)11)14-5-15-10/h4,12H,2-3,5H2,1H3. The number of ether oxygens (including phenoxy) is 3. The average molecular weight is 214 g/mol. The molecule has 1 aliphatic heterocycles. The molecule has 1 aromatic rings. The van der Waals surface area contributed by atoms with Crippen LogP contribution in [0.1, 0.15) is 5.56 Å². The van der Waals surface area contributed by atoms with Crippen molar-refractivity contribution in [2.24, 2.45) is 0 Å². The van der Waals surface area contributed by atoms with Gasteiger partial charge in [0.05, 0.1) is 7.11 Å². The third-order valence-electron chi connectivity index (χ3n) is 2.23. The number of rotatable bonds is 3. The number of aliphatic hydroxyl groups is 1. The Kier molecular flexibility index (Phi) is 2.64. The van der Waals surface area contributed by atoms with Gasteiger partial charge in [0.1, 0.15) is 0 Å². The van der Waals surface area contributed by atoms with Crippen LogP contribution in [0.4, 0.5) is 4.39 Å². The number of fused-ring (bicyclic) bond motifs is 1. The summed E-state index contributed by atoms with van der Waals surface area (Å²) >= 11 is 0. The molecule has 1 heterocycles. The highest BCUT2D eigenvalue weighted by Crippen LogP contribution is 2.42. The molecule has 1 aliphatic rings. The number of aliphatic hydroxyl groups excluding tert-OH is 1. The molecule has 0 radical (unpaired) electrons. The Morgan fingerprint density at radius 2 is 2.33 bits per heavy atom. The third kappa shape index (κ3) is 1.59. The summed E-state index contributed by atoms with van der Waals surface area (Å²) in [6.45, 7) is -0.0318. The Hall–Kier alpha value is -1.49. The number of hydrogen-bond donors (Lipinski definition) is 1. The van der Waals surface area contributed by atoms with Crippen molar-refractivity contribution in [2.75, 3.05) is 20.5 Å². The van der Waals surface area contributed by atoms with Gasteiger partial charge in [-0.15, -0.1) is 0 Å². The molecule has 0 saturated heterocycles. The molecule has 15 heavy (non-hydrogen) atoms. The summed E-state index contributed by atoms with van der Waals surface area (Å²) in [6, 6.07) is 1.22. The Labute approximate surface area is 86.2 Å². The Balaban J connectivity index is 2.55. The zero-order valence-corrected chi connectivity index (χ0v) is 8.25. The highest BCUT2D eigenvalue weighted by molar-refractivity contribution is 5.55. The summed E-state index contributed by atoms with van der Waals surface area (Å²) in [5.74, 6) is 0.414. The van der Waals surface area contributed by atoms with Crippen LogP contribution in [0, 0.1) is 5.82 Å². The molecular weight excluding hydrogens is 203 g/mol. The number of halogens is 1. The van der Waals surface area contributed by atoms with Crippen LogP contribution < -0.4 is 14.2 Å². The van der Waals surface area contributed by atoms with E-state index in [2.05, 4.69) is 0 Å². The van der Waals surface area contributed by atoms with Gasteiger partial charge >= 0.3 is 0 Å². The van der Waals surface area contributed by atoms with Gasteiger partial charge in [0, 0.05) is 24.7 Å². The van der Waals surface area contributed by atoms with Crippen LogP contribution >= 0.6 is 0 Å². The molecule has 5 heteroatoms. The van der Waals surface area contributed by atoms with E-state index in [1.807, 2.05) is 0 Å². The van der Waals surface area contributed by atoms with Gasteiger partial charge in [0.2, 0.25) is 6.79 Å². The molecular formula is C10H11FO4. The highest BCUT2D eigenvalue weighted by Gasteiger charge is 2.24. The van der Waals surface area contributed by atoms with E-state index in [9.17, 15) is 4.39 Å². The van der Waals surface area contributed by atoms with Crippen LogP contribution in [0.15, 0.2) is 6.07 Å². The monoisotopic (exact) mass is 214 g/mol. The first-order chi connectivity index (χ1) is 7.27. The minimum atomic E-state index is -0.509. The summed E-state index contributed by atoms with van der Waals surface area (Å²) in [6.07, 6.45) is 0.270. The topological polar surface area (TPSA) is 47.9 Å². The van der Waals surface area contributed by atoms with Gasteiger partial charge in [-0.2, -0.15) is 0 Å². The smallest absolute Gasteiger partial charge is 0.231 e. The van der Waals surface area contributed by atoms with E-state index in [1.54, 1.807) is 0 Å². The van der Waals surface area contributed by atoms with Crippen molar-refractivity contribution in [2.45, 2.75) is 6.42 Å². The molecule has 0 spiro atoms. The summed E-state index contributed by atoms with van der Waals surface area (Å²) < 4.78 is 28.7. The molecule has 0 fully saturated rings.